The molecule has 0 spiro atoms. The molecule has 1 unspecified atom stereocenters. The second-order valence-electron chi connectivity index (χ2n) is 12.6. The topological polar surface area (TPSA) is 54.7 Å². The molecule has 0 amide bonds. The zero-order valence-corrected chi connectivity index (χ0v) is 29.8. The van der Waals surface area contributed by atoms with Crippen LogP contribution in [0.2, 0.25) is 6.04 Å². The number of ether oxygens (including phenoxy) is 1. The number of hydrogen-bond donors (Lipinski definition) is 0. The van der Waals surface area contributed by atoms with Crippen molar-refractivity contribution in [2.75, 3.05) is 20.3 Å². The fourth-order valence-corrected chi connectivity index (χ4v) is 13.8. The van der Waals surface area contributed by atoms with Crippen molar-refractivity contribution in [1.29, 1.82) is 5.26 Å². The highest BCUT2D eigenvalue weighted by molar-refractivity contribution is 7.44. The molecule has 6 aromatic carbocycles. The summed E-state index contributed by atoms with van der Waals surface area (Å²) in [5, 5.41) is 20.7. The molecule has 6 rings (SSSR count). The van der Waals surface area contributed by atoms with Crippen molar-refractivity contribution >= 4 is 64.5 Å². The van der Waals surface area contributed by atoms with Crippen LogP contribution in [-0.4, -0.2) is 45.2 Å². The SMILES string of the molecule is COc1ccc2ccc3c([Si](CCOP(OCCC#N)N(C(C)C)C(C)C)(c4ccccc4)c4ccccc4)ccc4ccc1c2c43. The number of methoxy groups -OCH3 is 1. The van der Waals surface area contributed by atoms with E-state index in [-0.39, 0.29) is 12.1 Å². The molecule has 0 radical (unpaired) electrons. The molecule has 7 heteroatoms. The van der Waals surface area contributed by atoms with Gasteiger partial charge >= 0.3 is 0 Å². The first kappa shape index (κ1) is 33.1. The second kappa shape index (κ2) is 14.5. The van der Waals surface area contributed by atoms with Gasteiger partial charge in [-0.2, -0.15) is 5.26 Å². The molecule has 0 aromatic heterocycles. The minimum absolute atomic E-state index is 0.239. The number of benzene rings is 6. The molecule has 0 N–H and O–H groups in total. The third kappa shape index (κ3) is 6.27. The van der Waals surface area contributed by atoms with Gasteiger partial charge in [0, 0.05) is 22.9 Å². The Morgan fingerprint density at radius 2 is 1.21 bits per heavy atom. The van der Waals surface area contributed by atoms with Gasteiger partial charge in [0.2, 0.25) is 0 Å². The molecule has 5 nitrogen and oxygen atoms in total. The Balaban J connectivity index is 1.55. The van der Waals surface area contributed by atoms with Crippen molar-refractivity contribution in [1.82, 2.24) is 4.67 Å². The zero-order valence-electron chi connectivity index (χ0n) is 27.9. The van der Waals surface area contributed by atoms with Crippen molar-refractivity contribution in [3.8, 4) is 11.8 Å². The summed E-state index contributed by atoms with van der Waals surface area (Å²) in [6, 6.07) is 43.6. The predicted molar refractivity (Wildman–Crippen MR) is 200 cm³/mol. The van der Waals surface area contributed by atoms with Crippen molar-refractivity contribution in [2.24, 2.45) is 0 Å². The third-order valence-corrected chi connectivity index (χ3v) is 16.2. The highest BCUT2D eigenvalue weighted by Crippen LogP contribution is 2.46. The summed E-state index contributed by atoms with van der Waals surface area (Å²) in [6.07, 6.45) is 0.340. The molecule has 0 fully saturated rings. The van der Waals surface area contributed by atoms with Gasteiger partial charge in [-0.1, -0.05) is 97.1 Å². The van der Waals surface area contributed by atoms with Gasteiger partial charge in [0.25, 0.3) is 8.53 Å². The van der Waals surface area contributed by atoms with Gasteiger partial charge in [0.15, 0.2) is 8.07 Å². The van der Waals surface area contributed by atoms with Crippen molar-refractivity contribution in [3.05, 3.63) is 109 Å². The molecular formula is C40H43N2O3PSi. The van der Waals surface area contributed by atoms with E-state index in [1.54, 1.807) is 7.11 Å². The van der Waals surface area contributed by atoms with E-state index in [0.29, 0.717) is 19.6 Å². The Hall–Kier alpha value is -3.82. The zero-order chi connectivity index (χ0) is 33.0. The van der Waals surface area contributed by atoms with Crippen LogP contribution < -0.4 is 20.3 Å². The van der Waals surface area contributed by atoms with Gasteiger partial charge in [-0.3, -0.25) is 0 Å². The van der Waals surface area contributed by atoms with E-state index in [0.717, 1.165) is 17.2 Å². The minimum atomic E-state index is -2.70. The largest absolute Gasteiger partial charge is 0.496 e. The molecular weight excluding hydrogens is 616 g/mol. The highest BCUT2D eigenvalue weighted by atomic mass is 31.2. The Kier molecular flexibility index (Phi) is 10.2. The molecule has 0 heterocycles. The summed E-state index contributed by atoms with van der Waals surface area (Å²) in [6.45, 7) is 9.60. The van der Waals surface area contributed by atoms with E-state index in [4.69, 9.17) is 13.8 Å². The van der Waals surface area contributed by atoms with Crippen LogP contribution >= 0.6 is 8.53 Å². The molecule has 0 aliphatic heterocycles. The molecule has 1 atom stereocenters. The molecule has 47 heavy (non-hydrogen) atoms. The van der Waals surface area contributed by atoms with Crippen LogP contribution in [0, 0.1) is 11.3 Å². The summed E-state index contributed by atoms with van der Waals surface area (Å²) in [5.74, 6) is 0.893. The van der Waals surface area contributed by atoms with Crippen molar-refractivity contribution in [3.63, 3.8) is 0 Å². The maximum Gasteiger partial charge on any atom is 0.259 e. The Morgan fingerprint density at radius 1 is 0.681 bits per heavy atom. The van der Waals surface area contributed by atoms with Gasteiger partial charge in [-0.05, 0) is 83.0 Å². The standard InChI is InChI=1S/C40H43N2O3PSi/c1-29(2)42(30(3)4)46(44-26-12-25-41)45-27-28-47(33-13-8-6-9-14-33,34-15-10-7-11-16-34)38-24-20-32-17-21-35-37(43-5)23-19-31-18-22-36(38)40(32)39(31)35/h6-11,13-24,29-30H,12,26-28H2,1-5H3. The minimum Gasteiger partial charge on any atom is -0.496 e. The van der Waals surface area contributed by atoms with Crippen LogP contribution in [0.25, 0.3) is 32.3 Å². The molecule has 0 saturated carbocycles. The molecule has 0 bridgehead atoms. The Bertz CT molecular complexity index is 1930. The lowest BCUT2D eigenvalue weighted by Gasteiger charge is -2.38. The molecule has 0 aliphatic carbocycles. The first-order valence-corrected chi connectivity index (χ1v) is 19.8. The van der Waals surface area contributed by atoms with Gasteiger partial charge in [0.05, 0.1) is 32.8 Å². The highest BCUT2D eigenvalue weighted by Gasteiger charge is 2.41. The Labute approximate surface area is 281 Å². The molecule has 240 valence electrons. The van der Waals surface area contributed by atoms with Gasteiger partial charge < -0.3 is 13.8 Å². The third-order valence-electron chi connectivity index (χ3n) is 9.18. The summed E-state index contributed by atoms with van der Waals surface area (Å²) < 4.78 is 21.3. The van der Waals surface area contributed by atoms with E-state index in [1.807, 2.05) is 0 Å². The smallest absolute Gasteiger partial charge is 0.259 e. The van der Waals surface area contributed by atoms with Crippen LogP contribution in [0.1, 0.15) is 34.1 Å². The number of rotatable bonds is 14. The summed E-state index contributed by atoms with van der Waals surface area (Å²) in [4.78, 5) is 0. The quantitative estimate of drug-likeness (QED) is 0.0387. The number of nitrogens with zero attached hydrogens (tertiary/aromatic N) is 2. The second-order valence-corrected chi connectivity index (χ2v) is 18.0. The fourth-order valence-electron chi connectivity index (χ4n) is 7.26. The van der Waals surface area contributed by atoms with Gasteiger partial charge in [0.1, 0.15) is 5.75 Å². The average molecular weight is 659 g/mol. The molecule has 0 saturated heterocycles. The monoisotopic (exact) mass is 658 g/mol. The fraction of sp³-hybridized carbons (Fsp3) is 0.275. The first-order valence-electron chi connectivity index (χ1n) is 16.5. The lowest BCUT2D eigenvalue weighted by Crippen LogP contribution is -2.67. The van der Waals surface area contributed by atoms with E-state index < -0.39 is 16.6 Å². The van der Waals surface area contributed by atoms with E-state index in [1.165, 1.54) is 42.5 Å². The average Bonchev–Trinajstić information content (AvgIpc) is 3.09. The van der Waals surface area contributed by atoms with Crippen LogP contribution in [-0.2, 0) is 9.05 Å². The summed E-state index contributed by atoms with van der Waals surface area (Å²) in [7, 11) is -2.31. The lowest BCUT2D eigenvalue weighted by atomic mass is 9.94. The number of hydrogen-bond acceptors (Lipinski definition) is 5. The maximum absolute atomic E-state index is 9.24. The first-order chi connectivity index (χ1) is 22.9. The lowest BCUT2D eigenvalue weighted by molar-refractivity contribution is 0.181. The summed E-state index contributed by atoms with van der Waals surface area (Å²) in [5.41, 5.74) is 0. The molecule has 0 aliphatic rings. The van der Waals surface area contributed by atoms with Crippen LogP contribution in [0.5, 0.6) is 5.75 Å². The number of nitriles is 1. The maximum atomic E-state index is 9.24. The van der Waals surface area contributed by atoms with Crippen LogP contribution in [0.4, 0.5) is 0 Å². The van der Waals surface area contributed by atoms with Crippen LogP contribution in [0.15, 0.2) is 109 Å². The molecule has 6 aromatic rings. The summed E-state index contributed by atoms with van der Waals surface area (Å²) >= 11 is 0. The van der Waals surface area contributed by atoms with Gasteiger partial charge in [-0.15, -0.1) is 0 Å². The predicted octanol–water partition coefficient (Wildman–Crippen LogP) is 8.36. The van der Waals surface area contributed by atoms with Crippen molar-refractivity contribution < 1.29 is 13.8 Å². The van der Waals surface area contributed by atoms with Crippen molar-refractivity contribution in [2.45, 2.75) is 52.2 Å². The normalized spacial score (nSPS) is 12.9. The van der Waals surface area contributed by atoms with Gasteiger partial charge in [-0.25, -0.2) is 4.67 Å². The van der Waals surface area contributed by atoms with E-state index >= 15 is 0 Å². The Morgan fingerprint density at radius 3 is 1.79 bits per heavy atom. The van der Waals surface area contributed by atoms with Crippen LogP contribution in [0.3, 0.4) is 0 Å². The van der Waals surface area contributed by atoms with E-state index in [2.05, 4.69) is 148 Å². The van der Waals surface area contributed by atoms with E-state index in [9.17, 15) is 5.26 Å².